The van der Waals surface area contributed by atoms with Crippen LogP contribution in [-0.4, -0.2) is 4.01 Å². The van der Waals surface area contributed by atoms with Gasteiger partial charge in [0.15, 0.2) is 0 Å². The molecule has 1 aromatic carbocycles. The van der Waals surface area contributed by atoms with Gasteiger partial charge in [-0.3, -0.25) is 0 Å². The monoisotopic (exact) mass is 248 g/mol. The van der Waals surface area contributed by atoms with E-state index in [1.165, 1.54) is 10.5 Å². The number of hydrogen-bond donors (Lipinski definition) is 0. The fourth-order valence-corrected chi connectivity index (χ4v) is 5.32. The second-order valence-electron chi connectivity index (χ2n) is 1.81. The first kappa shape index (κ1) is 5.92. The van der Waals surface area contributed by atoms with Crippen molar-refractivity contribution >= 4 is 32.3 Å². The highest BCUT2D eigenvalue weighted by Gasteiger charge is 2.02. The summed E-state index contributed by atoms with van der Waals surface area (Å²) in [4.78, 5) is 1.48. The van der Waals surface area contributed by atoms with Gasteiger partial charge >= 0.3 is 0 Å². The average molecular weight is 248 g/mol. The third-order valence-corrected chi connectivity index (χ3v) is 5.54. The van der Waals surface area contributed by atoms with Crippen molar-refractivity contribution in [2.24, 2.45) is 0 Å². The van der Waals surface area contributed by atoms with Crippen LogP contribution in [0.5, 0.6) is 0 Å². The molecule has 0 amide bonds. The lowest BCUT2D eigenvalue weighted by Crippen LogP contribution is -1.74. The molecule has 0 saturated heterocycles. The number of benzene rings is 1. The largest absolute Gasteiger partial charge is 0.0616 e. The molecular weight excluding hydrogens is 243 g/mol. The summed E-state index contributed by atoms with van der Waals surface area (Å²) in [6.45, 7) is 0. The maximum Gasteiger partial charge on any atom is 0.0251 e. The van der Waals surface area contributed by atoms with E-state index in [1.54, 1.807) is 0 Å². The topological polar surface area (TPSA) is 0 Å². The maximum absolute atomic E-state index is 2.37. The molecule has 0 atom stereocenters. The Bertz CT molecular complexity index is 255. The molecule has 2 heteroatoms. The molecule has 0 aromatic heterocycles. The number of fused-ring (bicyclic) bond motifs is 1. The molecule has 1 aliphatic heterocycles. The Labute approximate surface area is 66.9 Å². The van der Waals surface area contributed by atoms with E-state index >= 15 is 0 Å². The Morgan fingerprint density at radius 3 is 3.00 bits per heavy atom. The molecular formula is C7H5IS. The summed E-state index contributed by atoms with van der Waals surface area (Å²) >= 11 is 0.304. The van der Waals surface area contributed by atoms with Crippen molar-refractivity contribution in [3.8, 4) is 0 Å². The van der Waals surface area contributed by atoms with Gasteiger partial charge < -0.3 is 0 Å². The average Bonchev–Trinajstić information content (AvgIpc) is 2.33. The molecule has 9 heavy (non-hydrogen) atoms. The van der Waals surface area contributed by atoms with E-state index in [2.05, 4.69) is 28.3 Å². The zero-order chi connectivity index (χ0) is 6.10. The van der Waals surface area contributed by atoms with E-state index in [0.29, 0.717) is 19.3 Å². The predicted molar refractivity (Wildman–Crippen MR) is 51.5 cm³/mol. The van der Waals surface area contributed by atoms with Gasteiger partial charge in [0.1, 0.15) is 0 Å². The van der Waals surface area contributed by atoms with E-state index in [-0.39, 0.29) is 0 Å². The second-order valence-corrected chi connectivity index (χ2v) is 6.06. The molecule has 0 bridgehead atoms. The first-order valence-electron chi connectivity index (χ1n) is 2.69. The SMILES string of the molecule is C1=ISc2ccccc21. The molecule has 0 aliphatic carbocycles. The summed E-state index contributed by atoms with van der Waals surface area (Å²) in [6.07, 6.45) is 0. The van der Waals surface area contributed by atoms with Gasteiger partial charge in [0, 0.05) is 4.90 Å². The van der Waals surface area contributed by atoms with Crippen molar-refractivity contribution in [1.29, 1.82) is 0 Å². The van der Waals surface area contributed by atoms with E-state index < -0.39 is 0 Å². The summed E-state index contributed by atoms with van der Waals surface area (Å²) in [5.41, 5.74) is 1.45. The number of rotatable bonds is 0. The zero-order valence-electron chi connectivity index (χ0n) is 4.67. The van der Waals surface area contributed by atoms with Crippen molar-refractivity contribution in [1.82, 2.24) is 0 Å². The van der Waals surface area contributed by atoms with E-state index in [4.69, 9.17) is 0 Å². The van der Waals surface area contributed by atoms with E-state index in [1.807, 2.05) is 8.93 Å². The van der Waals surface area contributed by atoms with Crippen molar-refractivity contribution in [2.45, 2.75) is 4.90 Å². The van der Waals surface area contributed by atoms with Gasteiger partial charge in [0.25, 0.3) is 0 Å². The summed E-state index contributed by atoms with van der Waals surface area (Å²) < 4.78 is 2.37. The lowest BCUT2D eigenvalue weighted by atomic mass is 10.2. The molecule has 1 aliphatic rings. The molecule has 0 nitrogen and oxygen atoms in total. The Kier molecular flexibility index (Phi) is 1.59. The normalized spacial score (nSPS) is 14.7. The van der Waals surface area contributed by atoms with Crippen LogP contribution in [-0.2, 0) is 0 Å². The van der Waals surface area contributed by atoms with Crippen LogP contribution in [0.2, 0.25) is 0 Å². The molecule has 0 radical (unpaired) electrons. The molecule has 0 unspecified atom stereocenters. The fourth-order valence-electron chi connectivity index (χ4n) is 0.759. The minimum absolute atomic E-state index is 0.304. The van der Waals surface area contributed by atoms with Crippen LogP contribution < -0.4 is 0 Å². The summed E-state index contributed by atoms with van der Waals surface area (Å²) in [5, 5.41) is 0. The highest BCUT2D eigenvalue weighted by molar-refractivity contribution is 14.2. The maximum atomic E-state index is 2.37. The smallest absolute Gasteiger partial charge is 0.0251 e. The van der Waals surface area contributed by atoms with Crippen LogP contribution in [0.3, 0.4) is 0 Å². The minimum atomic E-state index is 0.304. The molecule has 46 valence electrons. The van der Waals surface area contributed by atoms with Crippen molar-refractivity contribution < 1.29 is 0 Å². The first-order valence-corrected chi connectivity index (χ1v) is 7.30. The Hall–Kier alpha value is 0.170. The van der Waals surface area contributed by atoms with Gasteiger partial charge in [-0.05, 0) is 35.0 Å². The van der Waals surface area contributed by atoms with Gasteiger partial charge in [0.05, 0.1) is 0 Å². The van der Waals surface area contributed by atoms with Crippen LogP contribution in [0, 0.1) is 0 Å². The standard InChI is InChI=1S/C7H5IS/c1-2-4-7-6(3-1)5-8-9-7/h1-5H. The first-order chi connectivity index (χ1) is 4.47. The number of hydrogen-bond acceptors (Lipinski definition) is 1. The molecule has 1 aromatic rings. The van der Waals surface area contributed by atoms with Gasteiger partial charge in [-0.1, -0.05) is 27.1 Å². The zero-order valence-corrected chi connectivity index (χ0v) is 7.65. The summed E-state index contributed by atoms with van der Waals surface area (Å²) in [5.74, 6) is 0. The lowest BCUT2D eigenvalue weighted by Gasteiger charge is -1.91. The van der Waals surface area contributed by atoms with Crippen LogP contribution >= 0.6 is 28.3 Å². The highest BCUT2D eigenvalue weighted by atomic mass is 127. The van der Waals surface area contributed by atoms with Crippen LogP contribution in [0.1, 0.15) is 5.56 Å². The Morgan fingerprint density at radius 2 is 2.11 bits per heavy atom. The van der Waals surface area contributed by atoms with Gasteiger partial charge in [-0.15, -0.1) is 0 Å². The van der Waals surface area contributed by atoms with E-state index in [0.717, 1.165) is 0 Å². The van der Waals surface area contributed by atoms with Crippen molar-refractivity contribution in [2.75, 3.05) is 0 Å². The van der Waals surface area contributed by atoms with Crippen LogP contribution in [0.25, 0.3) is 0 Å². The minimum Gasteiger partial charge on any atom is -0.0616 e. The second kappa shape index (κ2) is 2.42. The number of halogens is 1. The van der Waals surface area contributed by atoms with Crippen molar-refractivity contribution in [3.05, 3.63) is 29.8 Å². The van der Waals surface area contributed by atoms with Crippen LogP contribution in [0.15, 0.2) is 29.2 Å². The van der Waals surface area contributed by atoms with Crippen molar-refractivity contribution in [3.63, 3.8) is 0 Å². The summed E-state index contributed by atoms with van der Waals surface area (Å²) in [6, 6.07) is 8.60. The molecule has 0 N–H and O–H groups in total. The Morgan fingerprint density at radius 1 is 1.22 bits per heavy atom. The van der Waals surface area contributed by atoms with Gasteiger partial charge in [0.2, 0.25) is 0 Å². The van der Waals surface area contributed by atoms with Gasteiger partial charge in [-0.2, -0.15) is 0 Å². The molecule has 0 fully saturated rings. The molecule has 2 rings (SSSR count). The quantitative estimate of drug-likeness (QED) is 0.636. The summed E-state index contributed by atoms with van der Waals surface area (Å²) in [7, 11) is 2.02. The fraction of sp³-hybridized carbons (Fsp3) is 0. The van der Waals surface area contributed by atoms with E-state index in [9.17, 15) is 0 Å². The third-order valence-electron chi connectivity index (χ3n) is 1.21. The van der Waals surface area contributed by atoms with Crippen LogP contribution in [0.4, 0.5) is 0 Å². The third kappa shape index (κ3) is 1.05. The molecule has 0 saturated carbocycles. The predicted octanol–water partition coefficient (Wildman–Crippen LogP) is 2.83. The lowest BCUT2D eigenvalue weighted by molar-refractivity contribution is 1.46. The molecule has 0 spiro atoms. The Balaban J connectivity index is 2.63. The highest BCUT2D eigenvalue weighted by Crippen LogP contribution is 2.38. The van der Waals surface area contributed by atoms with Gasteiger partial charge in [-0.25, -0.2) is 0 Å². The molecule has 1 heterocycles.